The summed E-state index contributed by atoms with van der Waals surface area (Å²) in [5.41, 5.74) is 1.52. The van der Waals surface area contributed by atoms with Crippen molar-refractivity contribution in [2.45, 2.75) is 5.92 Å². The van der Waals surface area contributed by atoms with Gasteiger partial charge in [0.15, 0.2) is 5.78 Å². The number of Topliss-reactive ketones (excluding diaryl/α,β-unsaturated/α-hetero) is 1. The molecule has 0 bridgehead atoms. The number of hydrogen-bond acceptors (Lipinski definition) is 3. The smallest absolute Gasteiger partial charge is 0.174 e. The molecule has 2 aromatic rings. The van der Waals surface area contributed by atoms with Crippen molar-refractivity contribution >= 4 is 17.4 Å². The molecule has 1 heterocycles. The fraction of sp³-hybridized carbons (Fsp3) is 0.188. The van der Waals surface area contributed by atoms with Gasteiger partial charge in [-0.05, 0) is 24.3 Å². The van der Waals surface area contributed by atoms with Gasteiger partial charge in [0, 0.05) is 11.1 Å². The number of para-hydroxylation sites is 1. The molecule has 0 radical (unpaired) electrons. The molecule has 0 saturated heterocycles. The molecule has 0 amide bonds. The van der Waals surface area contributed by atoms with E-state index >= 15 is 0 Å². The van der Waals surface area contributed by atoms with E-state index < -0.39 is 0 Å². The predicted molar refractivity (Wildman–Crippen MR) is 77.0 cm³/mol. The molecular formula is C16H13ClO3. The van der Waals surface area contributed by atoms with Gasteiger partial charge >= 0.3 is 0 Å². The Balaban J connectivity index is 1.94. The van der Waals surface area contributed by atoms with Crippen LogP contribution in [0.1, 0.15) is 21.8 Å². The molecule has 1 unspecified atom stereocenters. The highest BCUT2D eigenvalue weighted by atomic mass is 35.5. The van der Waals surface area contributed by atoms with E-state index in [2.05, 4.69) is 0 Å². The monoisotopic (exact) mass is 288 g/mol. The Morgan fingerprint density at radius 2 is 2.10 bits per heavy atom. The molecule has 3 rings (SSSR count). The molecule has 1 atom stereocenters. The highest BCUT2D eigenvalue weighted by Crippen LogP contribution is 2.36. The highest BCUT2D eigenvalue weighted by molar-refractivity contribution is 6.32. The third kappa shape index (κ3) is 2.14. The third-order valence-electron chi connectivity index (χ3n) is 3.45. The molecule has 2 aromatic carbocycles. The summed E-state index contributed by atoms with van der Waals surface area (Å²) in [6.45, 7) is 0.378. The summed E-state index contributed by atoms with van der Waals surface area (Å²) in [6.07, 6.45) is 0. The number of halogens is 1. The average molecular weight is 289 g/mol. The molecule has 1 aliphatic heterocycles. The summed E-state index contributed by atoms with van der Waals surface area (Å²) in [5, 5.41) is 0.493. The lowest BCUT2D eigenvalue weighted by atomic mass is 9.92. The van der Waals surface area contributed by atoms with Gasteiger partial charge in [-0.2, -0.15) is 0 Å². The Bertz CT molecular complexity index is 667. The topological polar surface area (TPSA) is 35.5 Å². The largest absolute Gasteiger partial charge is 0.495 e. The number of methoxy groups -OCH3 is 1. The van der Waals surface area contributed by atoms with Crippen molar-refractivity contribution in [1.29, 1.82) is 0 Å². The predicted octanol–water partition coefficient (Wildman–Crippen LogP) is 3.71. The van der Waals surface area contributed by atoms with E-state index in [4.69, 9.17) is 21.1 Å². The fourth-order valence-electron chi connectivity index (χ4n) is 2.39. The minimum Gasteiger partial charge on any atom is -0.495 e. The molecule has 20 heavy (non-hydrogen) atoms. The zero-order valence-electron chi connectivity index (χ0n) is 10.9. The van der Waals surface area contributed by atoms with Crippen LogP contribution < -0.4 is 9.47 Å². The normalized spacial score (nSPS) is 16.4. The summed E-state index contributed by atoms with van der Waals surface area (Å²) in [6, 6.07) is 12.7. The summed E-state index contributed by atoms with van der Waals surface area (Å²) in [5.74, 6) is 1.04. The van der Waals surface area contributed by atoms with Crippen molar-refractivity contribution in [1.82, 2.24) is 0 Å². The summed E-state index contributed by atoms with van der Waals surface area (Å²) < 4.78 is 10.7. The number of benzene rings is 2. The van der Waals surface area contributed by atoms with Crippen molar-refractivity contribution in [3.05, 3.63) is 58.6 Å². The number of carbonyl (C=O) groups excluding carboxylic acids is 1. The van der Waals surface area contributed by atoms with E-state index in [9.17, 15) is 4.79 Å². The first kappa shape index (κ1) is 13.0. The zero-order valence-corrected chi connectivity index (χ0v) is 11.7. The van der Waals surface area contributed by atoms with Crippen molar-refractivity contribution in [3.63, 3.8) is 0 Å². The number of carbonyl (C=O) groups is 1. The molecule has 4 heteroatoms. The second-order valence-corrected chi connectivity index (χ2v) is 5.02. The quantitative estimate of drug-likeness (QED) is 0.808. The second-order valence-electron chi connectivity index (χ2n) is 4.61. The van der Waals surface area contributed by atoms with Crippen LogP contribution in [-0.4, -0.2) is 19.5 Å². The average Bonchev–Trinajstić information content (AvgIpc) is 2.91. The molecule has 1 aliphatic rings. The van der Waals surface area contributed by atoms with Crippen LogP contribution in [0.5, 0.6) is 11.5 Å². The van der Waals surface area contributed by atoms with Crippen LogP contribution in [0.4, 0.5) is 0 Å². The van der Waals surface area contributed by atoms with E-state index in [1.807, 2.05) is 24.3 Å². The summed E-state index contributed by atoms with van der Waals surface area (Å²) in [4.78, 5) is 12.6. The number of rotatable bonds is 3. The molecule has 0 aromatic heterocycles. The molecule has 0 saturated carbocycles. The number of hydrogen-bond donors (Lipinski definition) is 0. The lowest BCUT2D eigenvalue weighted by Crippen LogP contribution is -2.14. The maximum absolute atomic E-state index is 12.6. The van der Waals surface area contributed by atoms with Gasteiger partial charge in [0.2, 0.25) is 0 Å². The Labute approximate surface area is 122 Å². The van der Waals surface area contributed by atoms with Crippen LogP contribution in [0, 0.1) is 0 Å². The minimum atomic E-state index is -0.267. The molecule has 102 valence electrons. The van der Waals surface area contributed by atoms with Gasteiger partial charge in [-0.1, -0.05) is 29.8 Å². The molecule has 0 spiro atoms. The second kappa shape index (κ2) is 5.17. The van der Waals surface area contributed by atoms with Crippen LogP contribution in [0.2, 0.25) is 5.02 Å². The van der Waals surface area contributed by atoms with Crippen LogP contribution in [0.3, 0.4) is 0 Å². The van der Waals surface area contributed by atoms with E-state index in [1.165, 1.54) is 7.11 Å². The minimum absolute atomic E-state index is 0.0184. The van der Waals surface area contributed by atoms with Gasteiger partial charge in [0.25, 0.3) is 0 Å². The first-order valence-electron chi connectivity index (χ1n) is 6.30. The van der Waals surface area contributed by atoms with E-state index in [1.54, 1.807) is 18.2 Å². The fourth-order valence-corrected chi connectivity index (χ4v) is 2.59. The van der Waals surface area contributed by atoms with Crippen molar-refractivity contribution in [3.8, 4) is 11.5 Å². The van der Waals surface area contributed by atoms with Crippen molar-refractivity contribution in [2.75, 3.05) is 13.7 Å². The van der Waals surface area contributed by atoms with Gasteiger partial charge in [-0.25, -0.2) is 0 Å². The number of ether oxygens (including phenoxy) is 2. The third-order valence-corrected chi connectivity index (χ3v) is 3.76. The van der Waals surface area contributed by atoms with Crippen LogP contribution in [-0.2, 0) is 0 Å². The summed E-state index contributed by atoms with van der Waals surface area (Å²) >= 11 is 5.98. The zero-order chi connectivity index (χ0) is 14.1. The first-order chi connectivity index (χ1) is 9.70. The van der Waals surface area contributed by atoms with Crippen LogP contribution in [0.15, 0.2) is 42.5 Å². The first-order valence-corrected chi connectivity index (χ1v) is 6.68. The standard InChI is InChI=1S/C16H13ClO3/c1-19-15-8-10(6-7-13(15)17)16(18)12-9-20-14-5-3-2-4-11(12)14/h2-8,12H,9H2,1H3. The van der Waals surface area contributed by atoms with E-state index in [0.29, 0.717) is 22.9 Å². The molecule has 0 fully saturated rings. The lowest BCUT2D eigenvalue weighted by Gasteiger charge is -2.10. The molecule has 0 N–H and O–H groups in total. The van der Waals surface area contributed by atoms with E-state index in [-0.39, 0.29) is 11.7 Å². The Morgan fingerprint density at radius 3 is 2.90 bits per heavy atom. The van der Waals surface area contributed by atoms with Crippen molar-refractivity contribution < 1.29 is 14.3 Å². The Morgan fingerprint density at radius 1 is 1.30 bits per heavy atom. The van der Waals surface area contributed by atoms with Crippen LogP contribution in [0.25, 0.3) is 0 Å². The van der Waals surface area contributed by atoms with Crippen molar-refractivity contribution in [2.24, 2.45) is 0 Å². The number of ketones is 1. The van der Waals surface area contributed by atoms with Gasteiger partial charge in [0.1, 0.15) is 18.1 Å². The molecule has 3 nitrogen and oxygen atoms in total. The lowest BCUT2D eigenvalue weighted by molar-refractivity contribution is 0.0947. The van der Waals surface area contributed by atoms with E-state index in [0.717, 1.165) is 11.3 Å². The summed E-state index contributed by atoms with van der Waals surface area (Å²) in [7, 11) is 1.53. The van der Waals surface area contributed by atoms with Gasteiger partial charge in [-0.3, -0.25) is 4.79 Å². The SMILES string of the molecule is COc1cc(C(=O)C2COc3ccccc32)ccc1Cl. The maximum Gasteiger partial charge on any atom is 0.174 e. The molecular weight excluding hydrogens is 276 g/mol. The van der Waals surface area contributed by atoms with Gasteiger partial charge in [0.05, 0.1) is 18.1 Å². The van der Waals surface area contributed by atoms with Gasteiger partial charge < -0.3 is 9.47 Å². The van der Waals surface area contributed by atoms with Crippen LogP contribution >= 0.6 is 11.6 Å². The Hall–Kier alpha value is -2.00. The van der Waals surface area contributed by atoms with Gasteiger partial charge in [-0.15, -0.1) is 0 Å². The maximum atomic E-state index is 12.6. The molecule has 0 aliphatic carbocycles. The highest BCUT2D eigenvalue weighted by Gasteiger charge is 2.30. The number of fused-ring (bicyclic) bond motifs is 1. The Kier molecular flexibility index (Phi) is 3.36.